The lowest BCUT2D eigenvalue weighted by Gasteiger charge is -2.32. The summed E-state index contributed by atoms with van der Waals surface area (Å²) < 4.78 is 45.0. The zero-order valence-electron chi connectivity index (χ0n) is 13.4. The summed E-state index contributed by atoms with van der Waals surface area (Å²) in [7, 11) is 0. The van der Waals surface area contributed by atoms with E-state index in [0.29, 0.717) is 12.2 Å². The predicted molar refractivity (Wildman–Crippen MR) is 81.5 cm³/mol. The molecule has 1 amide bonds. The molecule has 1 heterocycles. The molecule has 1 atom stereocenters. The van der Waals surface area contributed by atoms with Crippen molar-refractivity contribution in [3.05, 3.63) is 29.8 Å². The highest BCUT2D eigenvalue weighted by Crippen LogP contribution is 2.40. The first kappa shape index (κ1) is 18.3. The molecule has 0 bridgehead atoms. The predicted octanol–water partition coefficient (Wildman–Crippen LogP) is 3.01. The topological polar surface area (TPSA) is 62.1 Å². The number of halogens is 3. The SMILES string of the molecule is CCCC1=NN(C(=O)COc2ccccc2C)C(O)(C(F)(F)F)C1. The van der Waals surface area contributed by atoms with Crippen molar-refractivity contribution >= 4 is 11.6 Å². The Morgan fingerprint density at radius 3 is 2.67 bits per heavy atom. The van der Waals surface area contributed by atoms with E-state index in [9.17, 15) is 23.1 Å². The van der Waals surface area contributed by atoms with E-state index in [-0.39, 0.29) is 17.1 Å². The van der Waals surface area contributed by atoms with E-state index in [2.05, 4.69) is 5.10 Å². The third kappa shape index (κ3) is 3.53. The van der Waals surface area contributed by atoms with Gasteiger partial charge in [0.05, 0.1) is 0 Å². The molecular weight excluding hydrogens is 325 g/mol. The van der Waals surface area contributed by atoms with E-state index in [4.69, 9.17) is 4.74 Å². The molecule has 0 saturated carbocycles. The number of carbonyl (C=O) groups is 1. The molecule has 24 heavy (non-hydrogen) atoms. The molecule has 2 rings (SSSR count). The number of benzene rings is 1. The van der Waals surface area contributed by atoms with E-state index < -0.39 is 30.8 Å². The summed E-state index contributed by atoms with van der Waals surface area (Å²) >= 11 is 0. The van der Waals surface area contributed by atoms with Gasteiger partial charge < -0.3 is 9.84 Å². The zero-order valence-corrected chi connectivity index (χ0v) is 13.4. The second kappa shape index (κ2) is 6.80. The molecular formula is C16H19F3N2O3. The van der Waals surface area contributed by atoms with Crippen LogP contribution in [0, 0.1) is 6.92 Å². The smallest absolute Gasteiger partial charge is 0.438 e. The number of rotatable bonds is 5. The molecule has 1 unspecified atom stereocenters. The van der Waals surface area contributed by atoms with Gasteiger partial charge in [-0.05, 0) is 25.0 Å². The minimum Gasteiger partial charge on any atom is -0.483 e. The van der Waals surface area contributed by atoms with Gasteiger partial charge in [-0.15, -0.1) is 0 Å². The van der Waals surface area contributed by atoms with Crippen molar-refractivity contribution in [3.63, 3.8) is 0 Å². The molecule has 0 fully saturated rings. The summed E-state index contributed by atoms with van der Waals surface area (Å²) in [6.07, 6.45) is -4.90. The monoisotopic (exact) mass is 344 g/mol. The minimum absolute atomic E-state index is 0.107. The Labute approximate surface area is 137 Å². The number of carbonyl (C=O) groups excluding carboxylic acids is 1. The number of amides is 1. The number of para-hydroxylation sites is 1. The van der Waals surface area contributed by atoms with Crippen LogP contribution in [0.25, 0.3) is 0 Å². The molecule has 1 aromatic rings. The van der Waals surface area contributed by atoms with Crippen LogP contribution in [0.5, 0.6) is 5.75 Å². The summed E-state index contributed by atoms with van der Waals surface area (Å²) in [5.74, 6) is -0.664. The number of hydrazone groups is 1. The summed E-state index contributed by atoms with van der Waals surface area (Å²) in [5, 5.41) is 13.8. The van der Waals surface area contributed by atoms with Crippen LogP contribution >= 0.6 is 0 Å². The second-order valence-corrected chi connectivity index (χ2v) is 5.67. The average molecular weight is 344 g/mol. The normalized spacial score (nSPS) is 20.9. The first-order valence-corrected chi connectivity index (χ1v) is 7.56. The van der Waals surface area contributed by atoms with E-state index in [1.165, 1.54) is 0 Å². The van der Waals surface area contributed by atoms with Crippen LogP contribution in [0.15, 0.2) is 29.4 Å². The Morgan fingerprint density at radius 1 is 1.42 bits per heavy atom. The van der Waals surface area contributed by atoms with Gasteiger partial charge in [-0.25, -0.2) is 0 Å². The van der Waals surface area contributed by atoms with E-state index >= 15 is 0 Å². The standard InChI is InChI=1S/C16H19F3N2O3/c1-3-6-12-9-15(23,16(17,18)19)21(20-12)14(22)10-24-13-8-5-4-7-11(13)2/h4-5,7-8,23H,3,6,9-10H2,1-2H3. The third-order valence-corrected chi connectivity index (χ3v) is 3.72. The summed E-state index contributed by atoms with van der Waals surface area (Å²) in [4.78, 5) is 12.2. The lowest BCUT2D eigenvalue weighted by Crippen LogP contribution is -2.57. The molecule has 132 valence electrons. The lowest BCUT2D eigenvalue weighted by atomic mass is 10.0. The zero-order chi connectivity index (χ0) is 18.0. The second-order valence-electron chi connectivity index (χ2n) is 5.67. The highest BCUT2D eigenvalue weighted by molar-refractivity contribution is 5.91. The minimum atomic E-state index is -5.01. The highest BCUT2D eigenvalue weighted by Gasteiger charge is 2.63. The number of alkyl halides is 3. The first-order valence-electron chi connectivity index (χ1n) is 7.56. The Kier molecular flexibility index (Phi) is 5.17. The molecule has 0 saturated heterocycles. The fourth-order valence-corrected chi connectivity index (χ4v) is 2.45. The number of hydrogen-bond donors (Lipinski definition) is 1. The van der Waals surface area contributed by atoms with Crippen molar-refractivity contribution in [3.8, 4) is 5.75 Å². The Hall–Kier alpha value is -2.09. The molecule has 0 radical (unpaired) electrons. The summed E-state index contributed by atoms with van der Waals surface area (Å²) in [6, 6.07) is 6.81. The molecule has 1 N–H and O–H groups in total. The molecule has 8 heteroatoms. The van der Waals surface area contributed by atoms with Crippen molar-refractivity contribution in [1.29, 1.82) is 0 Å². The van der Waals surface area contributed by atoms with Gasteiger partial charge in [0, 0.05) is 12.1 Å². The van der Waals surface area contributed by atoms with E-state index in [1.54, 1.807) is 38.1 Å². The Bertz CT molecular complexity index is 646. The summed E-state index contributed by atoms with van der Waals surface area (Å²) in [6.45, 7) is 2.88. The van der Waals surface area contributed by atoms with E-state index in [1.807, 2.05) is 0 Å². The van der Waals surface area contributed by atoms with Gasteiger partial charge in [0.2, 0.25) is 0 Å². The van der Waals surface area contributed by atoms with Crippen LogP contribution in [0.3, 0.4) is 0 Å². The molecule has 1 aromatic carbocycles. The molecule has 1 aliphatic rings. The molecule has 0 aromatic heterocycles. The number of nitrogens with zero attached hydrogens (tertiary/aromatic N) is 2. The van der Waals surface area contributed by atoms with Crippen molar-refractivity contribution in [1.82, 2.24) is 5.01 Å². The van der Waals surface area contributed by atoms with Crippen molar-refractivity contribution in [2.75, 3.05) is 6.61 Å². The summed E-state index contributed by atoms with van der Waals surface area (Å²) in [5.41, 5.74) is -2.43. The van der Waals surface area contributed by atoms with Crippen LogP contribution in [0.2, 0.25) is 0 Å². The fourth-order valence-electron chi connectivity index (χ4n) is 2.45. The highest BCUT2D eigenvalue weighted by atomic mass is 19.4. The molecule has 0 aliphatic carbocycles. The van der Waals surface area contributed by atoms with Gasteiger partial charge in [-0.3, -0.25) is 4.79 Å². The number of ether oxygens (including phenoxy) is 1. The van der Waals surface area contributed by atoms with Gasteiger partial charge in [-0.2, -0.15) is 23.3 Å². The van der Waals surface area contributed by atoms with Crippen LogP contribution in [-0.2, 0) is 4.79 Å². The van der Waals surface area contributed by atoms with Crippen LogP contribution < -0.4 is 4.74 Å². The maximum atomic E-state index is 13.2. The average Bonchev–Trinajstić information content (AvgIpc) is 2.84. The van der Waals surface area contributed by atoms with Crippen LogP contribution in [0.4, 0.5) is 13.2 Å². The number of aryl methyl sites for hydroxylation is 1. The quantitative estimate of drug-likeness (QED) is 0.893. The maximum absolute atomic E-state index is 13.2. The Morgan fingerprint density at radius 2 is 2.08 bits per heavy atom. The van der Waals surface area contributed by atoms with Gasteiger partial charge in [-0.1, -0.05) is 31.5 Å². The van der Waals surface area contributed by atoms with Crippen molar-refractivity contribution in [2.45, 2.75) is 45.0 Å². The molecule has 1 aliphatic heterocycles. The van der Waals surface area contributed by atoms with Crippen LogP contribution in [-0.4, -0.2) is 40.2 Å². The first-order chi connectivity index (χ1) is 11.2. The van der Waals surface area contributed by atoms with Gasteiger partial charge in [0.15, 0.2) is 6.61 Å². The van der Waals surface area contributed by atoms with Crippen molar-refractivity contribution in [2.24, 2.45) is 5.10 Å². The largest absolute Gasteiger partial charge is 0.483 e. The molecule has 5 nitrogen and oxygen atoms in total. The van der Waals surface area contributed by atoms with E-state index in [0.717, 1.165) is 5.56 Å². The number of aliphatic hydroxyl groups is 1. The third-order valence-electron chi connectivity index (χ3n) is 3.72. The Balaban J connectivity index is 2.16. The lowest BCUT2D eigenvalue weighted by molar-refractivity contribution is -0.302. The van der Waals surface area contributed by atoms with Crippen molar-refractivity contribution < 1.29 is 27.8 Å². The fraction of sp³-hybridized carbons (Fsp3) is 0.500. The van der Waals surface area contributed by atoms with Gasteiger partial charge in [0.25, 0.3) is 11.6 Å². The maximum Gasteiger partial charge on any atom is 0.438 e. The molecule has 0 spiro atoms. The van der Waals surface area contributed by atoms with Gasteiger partial charge >= 0.3 is 6.18 Å². The van der Waals surface area contributed by atoms with Gasteiger partial charge in [0.1, 0.15) is 5.75 Å². The van der Waals surface area contributed by atoms with Crippen LogP contribution in [0.1, 0.15) is 31.7 Å². The number of hydrogen-bond acceptors (Lipinski definition) is 4.